The maximum Gasteiger partial charge on any atom is 0.255 e. The molecule has 0 saturated heterocycles. The molecule has 1 saturated carbocycles. The molecule has 0 amide bonds. The highest BCUT2D eigenvalue weighted by Crippen LogP contribution is 2.31. The highest BCUT2D eigenvalue weighted by Gasteiger charge is 2.25. The average molecular weight is 392 g/mol. The lowest BCUT2D eigenvalue weighted by atomic mass is 9.88. The van der Waals surface area contributed by atoms with Crippen LogP contribution in [0.4, 0.5) is 0 Å². The Labute approximate surface area is 163 Å². The summed E-state index contributed by atoms with van der Waals surface area (Å²) in [5.41, 5.74) is 2.70. The Bertz CT molecular complexity index is 838. The molecule has 4 rings (SSSR count). The van der Waals surface area contributed by atoms with Gasteiger partial charge < -0.3 is 4.98 Å². The Balaban J connectivity index is 1.54. The summed E-state index contributed by atoms with van der Waals surface area (Å²) in [6.45, 7) is 2.08. The third-order valence-electron chi connectivity index (χ3n) is 5.60. The minimum absolute atomic E-state index is 0.0190. The number of H-pyrrole nitrogens is 1. The van der Waals surface area contributed by atoms with Crippen molar-refractivity contribution in [2.45, 2.75) is 57.5 Å². The predicted molar refractivity (Wildman–Crippen MR) is 105 cm³/mol. The van der Waals surface area contributed by atoms with Crippen LogP contribution in [0.15, 0.2) is 23.0 Å². The van der Waals surface area contributed by atoms with Gasteiger partial charge in [-0.2, -0.15) is 0 Å². The van der Waals surface area contributed by atoms with Crippen LogP contribution in [-0.4, -0.2) is 21.4 Å². The van der Waals surface area contributed by atoms with Gasteiger partial charge in [-0.25, -0.2) is 4.98 Å². The van der Waals surface area contributed by atoms with Crippen molar-refractivity contribution in [3.8, 4) is 0 Å². The van der Waals surface area contributed by atoms with E-state index in [1.807, 2.05) is 18.2 Å². The lowest BCUT2D eigenvalue weighted by molar-refractivity contribution is 0.241. The third-order valence-corrected chi connectivity index (χ3v) is 6.31. The van der Waals surface area contributed by atoms with Gasteiger partial charge in [-0.05, 0) is 25.0 Å². The SMILES string of the molecule is O=c1[nH]c(C2CCCCC2)nc2c1CN(Cc1c(Cl)cccc1Cl)CC2. The number of halogens is 2. The van der Waals surface area contributed by atoms with Crippen LogP contribution in [0, 0.1) is 0 Å². The number of nitrogens with zero attached hydrogens (tertiary/aromatic N) is 2. The van der Waals surface area contributed by atoms with Gasteiger partial charge in [-0.1, -0.05) is 48.5 Å². The van der Waals surface area contributed by atoms with Crippen LogP contribution in [-0.2, 0) is 19.5 Å². The van der Waals surface area contributed by atoms with Crippen LogP contribution in [0.2, 0.25) is 10.0 Å². The second-order valence-corrected chi connectivity index (χ2v) is 8.19. The highest BCUT2D eigenvalue weighted by atomic mass is 35.5. The first-order valence-corrected chi connectivity index (χ1v) is 10.1. The molecule has 1 aliphatic heterocycles. The van der Waals surface area contributed by atoms with Crippen molar-refractivity contribution in [2.24, 2.45) is 0 Å². The van der Waals surface area contributed by atoms with E-state index in [1.165, 1.54) is 19.3 Å². The quantitative estimate of drug-likeness (QED) is 0.825. The fourth-order valence-corrected chi connectivity index (χ4v) is 4.63. The number of hydrogen-bond donors (Lipinski definition) is 1. The van der Waals surface area contributed by atoms with E-state index in [9.17, 15) is 4.79 Å². The number of nitrogens with one attached hydrogen (secondary N) is 1. The molecule has 6 heteroatoms. The molecule has 0 atom stereocenters. The normalized spacial score (nSPS) is 18.7. The van der Waals surface area contributed by atoms with E-state index in [0.717, 1.165) is 48.5 Å². The van der Waals surface area contributed by atoms with Crippen LogP contribution in [0.25, 0.3) is 0 Å². The first-order valence-electron chi connectivity index (χ1n) is 9.39. The van der Waals surface area contributed by atoms with E-state index in [1.54, 1.807) is 0 Å². The number of benzene rings is 1. The molecular weight excluding hydrogens is 369 g/mol. The molecule has 4 nitrogen and oxygen atoms in total. The van der Waals surface area contributed by atoms with Crippen molar-refractivity contribution in [1.29, 1.82) is 0 Å². The molecule has 2 aliphatic rings. The Hall–Kier alpha value is -1.36. The topological polar surface area (TPSA) is 49.0 Å². The summed E-state index contributed by atoms with van der Waals surface area (Å²) in [6, 6.07) is 5.55. The van der Waals surface area contributed by atoms with Crippen molar-refractivity contribution in [3.05, 3.63) is 61.2 Å². The summed E-state index contributed by atoms with van der Waals surface area (Å²) in [7, 11) is 0. The second kappa shape index (κ2) is 7.71. The zero-order valence-corrected chi connectivity index (χ0v) is 16.2. The molecule has 138 valence electrons. The summed E-state index contributed by atoms with van der Waals surface area (Å²) in [5, 5.41) is 1.34. The lowest BCUT2D eigenvalue weighted by Gasteiger charge is -2.29. The first kappa shape index (κ1) is 18.0. The van der Waals surface area contributed by atoms with Crippen LogP contribution in [0.1, 0.15) is 60.7 Å². The summed E-state index contributed by atoms with van der Waals surface area (Å²) in [4.78, 5) is 22.8. The first-order chi connectivity index (χ1) is 12.6. The monoisotopic (exact) mass is 391 g/mol. The number of fused-ring (bicyclic) bond motifs is 1. The van der Waals surface area contributed by atoms with Gasteiger partial charge in [0.15, 0.2) is 0 Å². The predicted octanol–water partition coefficient (Wildman–Crippen LogP) is 4.68. The van der Waals surface area contributed by atoms with Crippen molar-refractivity contribution in [3.63, 3.8) is 0 Å². The van der Waals surface area contributed by atoms with Gasteiger partial charge in [0.25, 0.3) is 5.56 Å². The molecule has 2 heterocycles. The van der Waals surface area contributed by atoms with Crippen molar-refractivity contribution in [2.75, 3.05) is 6.54 Å². The Morgan fingerprint density at radius 3 is 2.62 bits per heavy atom. The van der Waals surface area contributed by atoms with Gasteiger partial charge in [-0.3, -0.25) is 9.69 Å². The van der Waals surface area contributed by atoms with Gasteiger partial charge in [0, 0.05) is 47.6 Å². The lowest BCUT2D eigenvalue weighted by Crippen LogP contribution is -2.36. The number of aromatic amines is 1. The second-order valence-electron chi connectivity index (χ2n) is 7.37. The molecule has 0 radical (unpaired) electrons. The molecular formula is C20H23Cl2N3O. The summed E-state index contributed by atoms with van der Waals surface area (Å²) < 4.78 is 0. The molecule has 1 aromatic carbocycles. The Morgan fingerprint density at radius 1 is 1.15 bits per heavy atom. The zero-order chi connectivity index (χ0) is 18.1. The number of hydrogen-bond acceptors (Lipinski definition) is 3. The molecule has 1 N–H and O–H groups in total. The number of aromatic nitrogens is 2. The van der Waals surface area contributed by atoms with Crippen LogP contribution in [0.5, 0.6) is 0 Å². The molecule has 1 aliphatic carbocycles. The third kappa shape index (κ3) is 3.68. The fraction of sp³-hybridized carbons (Fsp3) is 0.500. The summed E-state index contributed by atoms with van der Waals surface area (Å²) in [6.07, 6.45) is 6.83. The van der Waals surface area contributed by atoms with E-state index in [4.69, 9.17) is 28.2 Å². The fourth-order valence-electron chi connectivity index (χ4n) is 4.11. The Morgan fingerprint density at radius 2 is 1.88 bits per heavy atom. The van der Waals surface area contributed by atoms with E-state index in [0.29, 0.717) is 29.1 Å². The minimum Gasteiger partial charge on any atom is -0.310 e. The van der Waals surface area contributed by atoms with Crippen LogP contribution >= 0.6 is 23.2 Å². The van der Waals surface area contributed by atoms with Gasteiger partial charge >= 0.3 is 0 Å². The Kier molecular flexibility index (Phi) is 5.35. The molecule has 0 bridgehead atoms. The van der Waals surface area contributed by atoms with Gasteiger partial charge in [0.1, 0.15) is 5.82 Å². The van der Waals surface area contributed by atoms with Crippen molar-refractivity contribution in [1.82, 2.24) is 14.9 Å². The molecule has 0 unspecified atom stereocenters. The maximum absolute atomic E-state index is 12.7. The zero-order valence-electron chi connectivity index (χ0n) is 14.7. The van der Waals surface area contributed by atoms with Gasteiger partial charge in [-0.15, -0.1) is 0 Å². The van der Waals surface area contributed by atoms with Crippen molar-refractivity contribution >= 4 is 23.2 Å². The number of rotatable bonds is 3. The van der Waals surface area contributed by atoms with Gasteiger partial charge in [0.05, 0.1) is 11.3 Å². The van der Waals surface area contributed by atoms with E-state index in [2.05, 4.69) is 9.88 Å². The molecule has 1 aromatic heterocycles. The highest BCUT2D eigenvalue weighted by molar-refractivity contribution is 6.35. The standard InChI is InChI=1S/C20H23Cl2N3O/c21-16-7-4-8-17(22)14(16)11-25-10-9-18-15(12-25)20(26)24-19(23-18)13-5-2-1-3-6-13/h4,7-8,13H,1-3,5-6,9-12H2,(H,23,24,26). The molecule has 1 fully saturated rings. The average Bonchev–Trinajstić information content (AvgIpc) is 2.66. The largest absolute Gasteiger partial charge is 0.310 e. The molecule has 26 heavy (non-hydrogen) atoms. The summed E-state index contributed by atoms with van der Waals surface area (Å²) >= 11 is 12.6. The minimum atomic E-state index is 0.0190. The van der Waals surface area contributed by atoms with E-state index in [-0.39, 0.29) is 5.56 Å². The summed E-state index contributed by atoms with van der Waals surface area (Å²) in [5.74, 6) is 1.32. The maximum atomic E-state index is 12.7. The van der Waals surface area contributed by atoms with Crippen LogP contribution in [0.3, 0.4) is 0 Å². The smallest absolute Gasteiger partial charge is 0.255 e. The molecule has 0 spiro atoms. The van der Waals surface area contributed by atoms with E-state index < -0.39 is 0 Å². The van der Waals surface area contributed by atoms with E-state index >= 15 is 0 Å². The molecule has 2 aromatic rings. The van der Waals surface area contributed by atoms with Crippen LogP contribution < -0.4 is 5.56 Å². The van der Waals surface area contributed by atoms with Gasteiger partial charge in [0.2, 0.25) is 0 Å². The van der Waals surface area contributed by atoms with Crippen molar-refractivity contribution < 1.29 is 0 Å².